The normalized spacial score (nSPS) is 20.3. The Morgan fingerprint density at radius 1 is 1.30 bits per heavy atom. The zero-order valence-corrected chi connectivity index (χ0v) is 14.1. The second-order valence-electron chi connectivity index (χ2n) is 6.72. The fraction of sp³-hybridized carbons (Fsp3) is 0.562. The number of benzene rings is 1. The maximum atomic E-state index is 13.4. The molecule has 1 fully saturated rings. The quantitative estimate of drug-likeness (QED) is 0.844. The summed E-state index contributed by atoms with van der Waals surface area (Å²) in [6, 6.07) is 4.03. The molecule has 1 unspecified atom stereocenters. The Hall–Kier alpha value is -1.60. The zero-order valence-electron chi connectivity index (χ0n) is 14.1. The van der Waals surface area contributed by atoms with E-state index in [0.29, 0.717) is 5.56 Å². The third-order valence-electron chi connectivity index (χ3n) is 4.59. The number of ether oxygens (including phenoxy) is 1. The summed E-state index contributed by atoms with van der Waals surface area (Å²) in [4.78, 5) is 11.3. The molecule has 1 atom stereocenters. The van der Waals surface area contributed by atoms with Crippen molar-refractivity contribution in [2.45, 2.75) is 51.1 Å². The van der Waals surface area contributed by atoms with Crippen LogP contribution in [0.15, 0.2) is 18.2 Å². The molecule has 0 bridgehead atoms. The van der Waals surface area contributed by atoms with Crippen LogP contribution in [0.3, 0.4) is 0 Å². The number of aliphatic carboxylic acids is 1. The Bertz CT molecular complexity index is 586. The molecule has 1 aromatic rings. The third-order valence-corrected chi connectivity index (χ3v) is 4.59. The first-order valence-corrected chi connectivity index (χ1v) is 7.48. The SMILES string of the molecule is COc1cc(F)ccc1C(CC(=O)O)B1OC(C)(C)C(C)(C)O1. The fourth-order valence-electron chi connectivity index (χ4n) is 2.59. The van der Waals surface area contributed by atoms with Gasteiger partial charge in [0.05, 0.1) is 24.7 Å². The molecule has 1 saturated heterocycles. The van der Waals surface area contributed by atoms with E-state index in [-0.39, 0.29) is 12.2 Å². The van der Waals surface area contributed by atoms with Crippen molar-refractivity contribution < 1.29 is 28.3 Å². The van der Waals surface area contributed by atoms with Gasteiger partial charge in [-0.25, -0.2) is 4.39 Å². The molecule has 1 aliphatic heterocycles. The Kier molecular flexibility index (Phi) is 4.73. The van der Waals surface area contributed by atoms with Gasteiger partial charge in [-0.05, 0) is 39.3 Å². The van der Waals surface area contributed by atoms with Crippen molar-refractivity contribution >= 4 is 13.1 Å². The average molecular weight is 324 g/mol. The summed E-state index contributed by atoms with van der Waals surface area (Å²) in [5.41, 5.74) is -0.613. The zero-order chi connectivity index (χ0) is 17.4. The lowest BCUT2D eigenvalue weighted by atomic mass is 9.66. The minimum atomic E-state index is -0.990. The van der Waals surface area contributed by atoms with Crippen LogP contribution in [0, 0.1) is 5.82 Å². The highest BCUT2D eigenvalue weighted by Crippen LogP contribution is 2.43. The number of carbonyl (C=O) groups is 1. The lowest BCUT2D eigenvalue weighted by molar-refractivity contribution is -0.137. The molecular formula is C16H22BFO5. The van der Waals surface area contributed by atoms with Gasteiger partial charge in [-0.15, -0.1) is 0 Å². The molecule has 1 aliphatic rings. The van der Waals surface area contributed by atoms with Crippen molar-refractivity contribution in [2.75, 3.05) is 7.11 Å². The Labute approximate surface area is 135 Å². The van der Waals surface area contributed by atoms with Crippen molar-refractivity contribution in [1.82, 2.24) is 0 Å². The van der Waals surface area contributed by atoms with Gasteiger partial charge in [-0.1, -0.05) is 6.07 Å². The lowest BCUT2D eigenvalue weighted by Gasteiger charge is -2.32. The van der Waals surface area contributed by atoms with Crippen molar-refractivity contribution in [3.05, 3.63) is 29.6 Å². The highest BCUT2D eigenvalue weighted by atomic mass is 19.1. The average Bonchev–Trinajstić information content (AvgIpc) is 2.64. The molecule has 7 heteroatoms. The molecule has 0 spiro atoms. The van der Waals surface area contributed by atoms with Gasteiger partial charge in [0.2, 0.25) is 0 Å². The van der Waals surface area contributed by atoms with E-state index in [9.17, 15) is 14.3 Å². The van der Waals surface area contributed by atoms with Gasteiger partial charge < -0.3 is 19.2 Å². The van der Waals surface area contributed by atoms with Gasteiger partial charge in [0.15, 0.2) is 0 Å². The minimum absolute atomic E-state index is 0.210. The molecule has 126 valence electrons. The van der Waals surface area contributed by atoms with Gasteiger partial charge in [-0.2, -0.15) is 0 Å². The van der Waals surface area contributed by atoms with Crippen LogP contribution in [0.4, 0.5) is 4.39 Å². The predicted octanol–water partition coefficient (Wildman–Crippen LogP) is 3.02. The van der Waals surface area contributed by atoms with Gasteiger partial charge in [0.25, 0.3) is 0 Å². The highest BCUT2D eigenvalue weighted by molar-refractivity contribution is 6.48. The van der Waals surface area contributed by atoms with Crippen molar-refractivity contribution in [1.29, 1.82) is 0 Å². The number of rotatable bonds is 5. The summed E-state index contributed by atoms with van der Waals surface area (Å²) in [6.07, 6.45) is -0.210. The monoisotopic (exact) mass is 324 g/mol. The van der Waals surface area contributed by atoms with Crippen LogP contribution in [0.2, 0.25) is 0 Å². The van der Waals surface area contributed by atoms with Crippen LogP contribution in [0.25, 0.3) is 0 Å². The predicted molar refractivity (Wildman–Crippen MR) is 84.0 cm³/mol. The Morgan fingerprint density at radius 3 is 2.35 bits per heavy atom. The molecule has 1 N–H and O–H groups in total. The first-order valence-electron chi connectivity index (χ1n) is 7.48. The largest absolute Gasteiger partial charge is 0.496 e. The number of methoxy groups -OCH3 is 1. The maximum absolute atomic E-state index is 13.4. The summed E-state index contributed by atoms with van der Waals surface area (Å²) in [5.74, 6) is -1.76. The van der Waals surface area contributed by atoms with Crippen molar-refractivity contribution in [2.24, 2.45) is 0 Å². The fourth-order valence-corrected chi connectivity index (χ4v) is 2.59. The van der Waals surface area contributed by atoms with Crippen LogP contribution in [-0.4, -0.2) is 36.5 Å². The number of hydrogen-bond donors (Lipinski definition) is 1. The molecule has 1 aromatic carbocycles. The summed E-state index contributed by atoms with van der Waals surface area (Å²) in [6.45, 7) is 7.58. The number of halogens is 1. The molecule has 1 heterocycles. The van der Waals surface area contributed by atoms with Gasteiger partial charge in [0, 0.05) is 11.9 Å². The summed E-state index contributed by atoms with van der Waals surface area (Å²) in [5, 5.41) is 9.26. The molecule has 0 saturated carbocycles. The van der Waals surface area contributed by atoms with Crippen molar-refractivity contribution in [3.8, 4) is 5.75 Å². The van der Waals surface area contributed by atoms with E-state index >= 15 is 0 Å². The third kappa shape index (κ3) is 3.51. The van der Waals surface area contributed by atoms with E-state index in [4.69, 9.17) is 14.0 Å². The van der Waals surface area contributed by atoms with Gasteiger partial charge >= 0.3 is 13.1 Å². The van der Waals surface area contributed by atoms with Crippen LogP contribution in [0.5, 0.6) is 5.75 Å². The Morgan fingerprint density at radius 2 is 1.87 bits per heavy atom. The van der Waals surface area contributed by atoms with E-state index in [2.05, 4.69) is 0 Å². The molecule has 5 nitrogen and oxygen atoms in total. The van der Waals surface area contributed by atoms with Gasteiger partial charge in [-0.3, -0.25) is 4.79 Å². The highest BCUT2D eigenvalue weighted by Gasteiger charge is 2.54. The number of hydrogen-bond acceptors (Lipinski definition) is 4. The minimum Gasteiger partial charge on any atom is -0.496 e. The van der Waals surface area contributed by atoms with E-state index < -0.39 is 35.9 Å². The molecule has 23 heavy (non-hydrogen) atoms. The van der Waals surface area contributed by atoms with Gasteiger partial charge in [0.1, 0.15) is 11.6 Å². The molecule has 0 aromatic heterocycles. The second kappa shape index (κ2) is 6.13. The molecule has 2 rings (SSSR count). The number of carboxylic acid groups (broad SMARTS) is 1. The first-order chi connectivity index (χ1) is 10.6. The second-order valence-corrected chi connectivity index (χ2v) is 6.72. The Balaban J connectivity index is 2.42. The summed E-state index contributed by atoms with van der Waals surface area (Å²) < 4.78 is 30.6. The maximum Gasteiger partial charge on any atom is 0.466 e. The van der Waals surface area contributed by atoms with Crippen LogP contribution in [-0.2, 0) is 14.1 Å². The summed E-state index contributed by atoms with van der Waals surface area (Å²) >= 11 is 0. The smallest absolute Gasteiger partial charge is 0.466 e. The van der Waals surface area contributed by atoms with E-state index in [0.717, 1.165) is 0 Å². The van der Waals surface area contributed by atoms with Crippen molar-refractivity contribution in [3.63, 3.8) is 0 Å². The lowest BCUT2D eigenvalue weighted by Crippen LogP contribution is -2.41. The van der Waals surface area contributed by atoms with Crippen LogP contribution in [0.1, 0.15) is 45.5 Å². The standard InChI is InChI=1S/C16H22BFO5/c1-15(2)16(3,4)23-17(22-15)12(9-14(19)20)11-7-6-10(18)8-13(11)21-5/h6-8,12H,9H2,1-5H3,(H,19,20). The molecule has 0 amide bonds. The topological polar surface area (TPSA) is 65.0 Å². The van der Waals surface area contributed by atoms with Crippen LogP contribution < -0.4 is 4.74 Å². The molecule has 0 aliphatic carbocycles. The van der Waals surface area contributed by atoms with E-state index in [1.807, 2.05) is 27.7 Å². The first kappa shape index (κ1) is 17.8. The van der Waals surface area contributed by atoms with E-state index in [1.54, 1.807) is 0 Å². The van der Waals surface area contributed by atoms with E-state index in [1.165, 1.54) is 25.3 Å². The number of carboxylic acids is 1. The summed E-state index contributed by atoms with van der Waals surface area (Å²) in [7, 11) is 0.663. The molecular weight excluding hydrogens is 302 g/mol. The molecule has 0 radical (unpaired) electrons. The van der Waals surface area contributed by atoms with Crippen LogP contribution >= 0.6 is 0 Å².